The average Bonchev–Trinajstić information content (AvgIpc) is 2.98. The molecule has 3 saturated carbocycles. The van der Waals surface area contributed by atoms with Gasteiger partial charge >= 0.3 is 11.8 Å². The molecule has 6 heteroatoms. The van der Waals surface area contributed by atoms with E-state index in [-0.39, 0.29) is 31.8 Å². The molecule has 0 N–H and O–H groups in total. The Morgan fingerprint density at radius 3 is 2.09 bits per heavy atom. The highest BCUT2D eigenvalue weighted by molar-refractivity contribution is 5.76. The molecule has 3 atom stereocenters. The second kappa shape index (κ2) is 4.38. The third kappa shape index (κ3) is 1.70. The molecule has 0 aromatic carbocycles. The molecule has 4 fully saturated rings. The highest BCUT2D eigenvalue weighted by Gasteiger charge is 2.95. The molecule has 22 heavy (non-hydrogen) atoms. The van der Waals surface area contributed by atoms with E-state index in [2.05, 4.69) is 0 Å². The van der Waals surface area contributed by atoms with Crippen LogP contribution in [0, 0.1) is 23.2 Å². The maximum atomic E-state index is 13.4. The van der Waals surface area contributed by atoms with Gasteiger partial charge in [0.1, 0.15) is 5.41 Å². The van der Waals surface area contributed by atoms with E-state index < -0.39 is 17.3 Å². The van der Waals surface area contributed by atoms with Gasteiger partial charge in [-0.3, -0.25) is 4.79 Å². The van der Waals surface area contributed by atoms with Crippen molar-refractivity contribution in [2.45, 2.75) is 56.8 Å². The van der Waals surface area contributed by atoms with Crippen LogP contribution < -0.4 is 0 Å². The van der Waals surface area contributed by atoms with Gasteiger partial charge in [0.05, 0.1) is 0 Å². The van der Waals surface area contributed by atoms with E-state index in [0.717, 1.165) is 12.3 Å². The van der Waals surface area contributed by atoms with Crippen LogP contribution in [0.1, 0.15) is 44.9 Å². The Hall–Kier alpha value is -0.810. The van der Waals surface area contributed by atoms with Crippen LogP contribution in [0.2, 0.25) is 0 Å². The van der Waals surface area contributed by atoms with Crippen LogP contribution in [0.5, 0.6) is 0 Å². The van der Waals surface area contributed by atoms with Crippen LogP contribution in [-0.4, -0.2) is 35.7 Å². The topological polar surface area (TPSA) is 20.3 Å². The smallest absolute Gasteiger partial charge is 0.322 e. The number of likely N-dealkylation sites (tertiary alicyclic amines) is 1. The number of rotatable bonds is 2. The maximum Gasteiger partial charge on any atom is 0.322 e. The predicted octanol–water partition coefficient (Wildman–Crippen LogP) is 3.71. The lowest BCUT2D eigenvalue weighted by molar-refractivity contribution is -0.135. The molecule has 4 aliphatic rings. The highest BCUT2D eigenvalue weighted by Crippen LogP contribution is 2.76. The quantitative estimate of drug-likeness (QED) is 0.711. The van der Waals surface area contributed by atoms with Gasteiger partial charge in [0.15, 0.2) is 0 Å². The largest absolute Gasteiger partial charge is 0.343 e. The summed E-state index contributed by atoms with van der Waals surface area (Å²) in [6.45, 7) is 0.0929. The fourth-order valence-corrected chi connectivity index (χ4v) is 5.27. The minimum absolute atomic E-state index is 0.0281. The zero-order valence-electron chi connectivity index (χ0n) is 12.5. The molecule has 0 aromatic heterocycles. The summed E-state index contributed by atoms with van der Waals surface area (Å²) >= 11 is 0. The molecule has 1 spiro atoms. The van der Waals surface area contributed by atoms with Crippen molar-refractivity contribution >= 4 is 5.91 Å². The summed E-state index contributed by atoms with van der Waals surface area (Å²) in [5.41, 5.74) is -2.18. The zero-order valence-corrected chi connectivity index (χ0v) is 12.5. The Bertz CT molecular complexity index is 482. The van der Waals surface area contributed by atoms with Crippen molar-refractivity contribution in [3.05, 3.63) is 0 Å². The molecule has 1 amide bonds. The first-order chi connectivity index (χ1) is 10.3. The Balaban J connectivity index is 1.34. The van der Waals surface area contributed by atoms with Gasteiger partial charge in [-0.05, 0) is 49.9 Å². The SMILES string of the molecule is O=C(CC1CC2CCC1C2)N1CCC2(CC1)C(F)(F)C2(F)F. The van der Waals surface area contributed by atoms with E-state index in [1.165, 1.54) is 24.2 Å². The number of amides is 1. The lowest BCUT2D eigenvalue weighted by Gasteiger charge is -2.33. The number of hydrogen-bond acceptors (Lipinski definition) is 1. The van der Waals surface area contributed by atoms with E-state index >= 15 is 0 Å². The van der Waals surface area contributed by atoms with Gasteiger partial charge in [-0.15, -0.1) is 0 Å². The first-order valence-electron chi connectivity index (χ1n) is 8.32. The fourth-order valence-electron chi connectivity index (χ4n) is 5.27. The van der Waals surface area contributed by atoms with Crippen molar-refractivity contribution in [3.63, 3.8) is 0 Å². The molecule has 2 bridgehead atoms. The summed E-state index contributed by atoms with van der Waals surface area (Å²) in [6.07, 6.45) is 4.70. The van der Waals surface area contributed by atoms with Gasteiger partial charge in [-0.25, -0.2) is 0 Å². The lowest BCUT2D eigenvalue weighted by Crippen LogP contribution is -2.42. The summed E-state index contributed by atoms with van der Waals surface area (Å²) in [6, 6.07) is 0. The van der Waals surface area contributed by atoms with Crippen molar-refractivity contribution in [2.75, 3.05) is 13.1 Å². The third-order valence-electron chi connectivity index (χ3n) is 6.82. The fraction of sp³-hybridized carbons (Fsp3) is 0.938. The average molecular weight is 319 g/mol. The van der Waals surface area contributed by atoms with Crippen LogP contribution >= 0.6 is 0 Å². The monoisotopic (exact) mass is 319 g/mol. The molecule has 3 aliphatic carbocycles. The normalized spacial score (nSPS) is 40.2. The molecule has 1 aliphatic heterocycles. The number of halogens is 4. The van der Waals surface area contributed by atoms with E-state index in [4.69, 9.17) is 0 Å². The Labute approximate surface area is 127 Å². The summed E-state index contributed by atoms with van der Waals surface area (Å²) in [7, 11) is 0. The summed E-state index contributed by atoms with van der Waals surface area (Å²) in [5.74, 6) is -5.98. The van der Waals surface area contributed by atoms with Gasteiger partial charge in [0.25, 0.3) is 0 Å². The summed E-state index contributed by atoms with van der Waals surface area (Å²) in [5, 5.41) is 0. The maximum absolute atomic E-state index is 13.4. The standard InChI is InChI=1S/C16H21F4NO/c17-15(18)14(16(15,19)20)3-5-21(6-4-14)13(22)9-12-8-10-1-2-11(12)7-10/h10-12H,1-9H2. The van der Waals surface area contributed by atoms with Gasteiger partial charge in [0, 0.05) is 19.5 Å². The third-order valence-corrected chi connectivity index (χ3v) is 6.82. The zero-order chi connectivity index (χ0) is 15.8. The van der Waals surface area contributed by atoms with E-state index in [0.29, 0.717) is 18.3 Å². The lowest BCUT2D eigenvalue weighted by atomic mass is 9.85. The van der Waals surface area contributed by atoms with Crippen molar-refractivity contribution in [3.8, 4) is 0 Å². The number of fused-ring (bicyclic) bond motifs is 2. The van der Waals surface area contributed by atoms with Crippen LogP contribution in [0.4, 0.5) is 17.6 Å². The number of nitrogens with zero attached hydrogens (tertiary/aromatic N) is 1. The van der Waals surface area contributed by atoms with E-state index in [1.54, 1.807) is 0 Å². The molecule has 2 nitrogen and oxygen atoms in total. The molecular formula is C16H21F4NO. The second-order valence-electron chi connectivity index (χ2n) is 7.75. The number of alkyl halides is 4. The summed E-state index contributed by atoms with van der Waals surface area (Å²) < 4.78 is 53.4. The van der Waals surface area contributed by atoms with Crippen molar-refractivity contribution in [2.24, 2.45) is 23.2 Å². The van der Waals surface area contributed by atoms with Gasteiger partial charge in [0.2, 0.25) is 5.91 Å². The van der Waals surface area contributed by atoms with E-state index in [9.17, 15) is 22.4 Å². The van der Waals surface area contributed by atoms with Crippen molar-refractivity contribution in [1.82, 2.24) is 4.90 Å². The molecule has 4 rings (SSSR count). The van der Waals surface area contributed by atoms with Crippen LogP contribution in [0.3, 0.4) is 0 Å². The molecule has 1 heterocycles. The van der Waals surface area contributed by atoms with E-state index in [1.807, 2.05) is 0 Å². The molecular weight excluding hydrogens is 298 g/mol. The number of piperidine rings is 1. The molecule has 1 saturated heterocycles. The first-order valence-corrected chi connectivity index (χ1v) is 8.32. The van der Waals surface area contributed by atoms with Crippen molar-refractivity contribution < 1.29 is 22.4 Å². The molecule has 3 unspecified atom stereocenters. The highest BCUT2D eigenvalue weighted by atomic mass is 19.3. The van der Waals surface area contributed by atoms with Gasteiger partial charge < -0.3 is 4.90 Å². The molecule has 124 valence electrons. The van der Waals surface area contributed by atoms with Crippen LogP contribution in [0.15, 0.2) is 0 Å². The minimum Gasteiger partial charge on any atom is -0.343 e. The first kappa shape index (κ1) is 14.8. The molecule has 0 radical (unpaired) electrons. The van der Waals surface area contributed by atoms with Gasteiger partial charge in [-0.1, -0.05) is 6.42 Å². The van der Waals surface area contributed by atoms with Crippen LogP contribution in [0.25, 0.3) is 0 Å². The number of carbonyl (C=O) groups is 1. The number of hydrogen-bond donors (Lipinski definition) is 0. The Morgan fingerprint density at radius 1 is 1.00 bits per heavy atom. The minimum atomic E-state index is -3.89. The molecule has 0 aromatic rings. The van der Waals surface area contributed by atoms with Gasteiger partial charge in [-0.2, -0.15) is 17.6 Å². The Kier molecular flexibility index (Phi) is 2.94. The Morgan fingerprint density at radius 2 is 1.64 bits per heavy atom. The number of carbonyl (C=O) groups excluding carboxylic acids is 1. The van der Waals surface area contributed by atoms with Crippen LogP contribution in [-0.2, 0) is 4.79 Å². The summed E-state index contributed by atoms with van der Waals surface area (Å²) in [4.78, 5) is 13.9. The predicted molar refractivity (Wildman–Crippen MR) is 71.7 cm³/mol. The van der Waals surface area contributed by atoms with Crippen molar-refractivity contribution in [1.29, 1.82) is 0 Å². The second-order valence-corrected chi connectivity index (χ2v) is 7.75.